The van der Waals surface area contributed by atoms with Crippen LogP contribution in [0.25, 0.3) is 32.9 Å². The lowest BCUT2D eigenvalue weighted by atomic mass is 9.99. The lowest BCUT2D eigenvalue weighted by molar-refractivity contribution is -0.209. The van der Waals surface area contributed by atoms with Crippen LogP contribution in [0.4, 0.5) is 13.2 Å². The predicted octanol–water partition coefficient (Wildman–Crippen LogP) is 4.07. The van der Waals surface area contributed by atoms with Crippen molar-refractivity contribution in [2.24, 2.45) is 7.05 Å². The first-order valence-corrected chi connectivity index (χ1v) is 6.92. The van der Waals surface area contributed by atoms with Crippen LogP contribution in [-0.4, -0.2) is 19.6 Å². The van der Waals surface area contributed by atoms with Gasteiger partial charge in [-0.3, -0.25) is 4.68 Å². The molecule has 0 bridgehead atoms. The molecule has 0 amide bonds. The largest absolute Gasteiger partial charge is 0.505 e. The molecule has 0 radical (unpaired) electrons. The van der Waals surface area contributed by atoms with E-state index in [2.05, 4.69) is 10.2 Å². The number of hydrogen-bond donors (Lipinski definition) is 0. The van der Waals surface area contributed by atoms with Gasteiger partial charge in [-0.2, -0.15) is 14.9 Å². The van der Waals surface area contributed by atoms with E-state index in [1.807, 2.05) is 31.4 Å². The summed E-state index contributed by atoms with van der Waals surface area (Å²) in [6.07, 6.45) is -1.42. The Balaban J connectivity index is 2.04. The van der Waals surface area contributed by atoms with Crippen molar-refractivity contribution in [1.29, 1.82) is 0 Å². The van der Waals surface area contributed by atoms with E-state index < -0.39 is 6.30 Å². The van der Waals surface area contributed by atoms with Crippen LogP contribution in [0, 0.1) is 0 Å². The molecule has 4 nitrogen and oxygen atoms in total. The molecule has 7 heteroatoms. The van der Waals surface area contributed by atoms with Crippen molar-refractivity contribution in [3.05, 3.63) is 48.8 Å². The Morgan fingerprint density at radius 1 is 0.957 bits per heavy atom. The summed E-state index contributed by atoms with van der Waals surface area (Å²) in [6.45, 7) is 0. The van der Waals surface area contributed by atoms with Crippen LogP contribution >= 0.6 is 0 Å². The monoisotopic (exact) mass is 316 g/mol. The third-order valence-corrected chi connectivity index (χ3v) is 3.81. The fourth-order valence-corrected chi connectivity index (χ4v) is 2.88. The highest BCUT2D eigenvalue weighted by atomic mass is 19.4. The van der Waals surface area contributed by atoms with Crippen LogP contribution in [0.15, 0.2) is 48.8 Å². The highest BCUT2D eigenvalue weighted by Crippen LogP contribution is 2.35. The van der Waals surface area contributed by atoms with Gasteiger partial charge in [0.2, 0.25) is 0 Å². The number of aromatic nitrogens is 4. The fourth-order valence-electron chi connectivity index (χ4n) is 2.88. The van der Waals surface area contributed by atoms with Gasteiger partial charge < -0.3 is 0 Å². The Labute approximate surface area is 128 Å². The molecule has 0 aliphatic heterocycles. The number of fused-ring (bicyclic) bond motifs is 2. The first-order valence-electron chi connectivity index (χ1n) is 6.92. The zero-order valence-corrected chi connectivity index (χ0v) is 12.0. The van der Waals surface area contributed by atoms with Crippen molar-refractivity contribution in [3.8, 4) is 11.1 Å². The maximum atomic E-state index is 13.0. The quantitative estimate of drug-likeness (QED) is 0.531. The summed E-state index contributed by atoms with van der Waals surface area (Å²) in [6, 6.07) is 10.4. The van der Waals surface area contributed by atoms with E-state index in [0.717, 1.165) is 16.5 Å². The maximum absolute atomic E-state index is 13.0. The van der Waals surface area contributed by atoms with E-state index in [1.54, 1.807) is 16.8 Å². The molecular weight excluding hydrogens is 305 g/mol. The lowest BCUT2D eigenvalue weighted by Crippen LogP contribution is -2.17. The van der Waals surface area contributed by atoms with E-state index in [9.17, 15) is 13.2 Å². The first kappa shape index (κ1) is 13.8. The molecular formula is C16H11F3N4. The van der Waals surface area contributed by atoms with Crippen LogP contribution < -0.4 is 0 Å². The number of aryl methyl sites for hydroxylation is 1. The molecule has 0 aliphatic rings. The highest BCUT2D eigenvalue weighted by molar-refractivity contribution is 6.03. The second-order valence-electron chi connectivity index (χ2n) is 5.30. The molecule has 0 atom stereocenters. The lowest BCUT2D eigenvalue weighted by Gasteiger charge is -2.09. The Kier molecular flexibility index (Phi) is 2.75. The van der Waals surface area contributed by atoms with Crippen LogP contribution in [0.1, 0.15) is 0 Å². The second-order valence-corrected chi connectivity index (χ2v) is 5.30. The number of hydrogen-bond acceptors (Lipinski definition) is 2. The summed E-state index contributed by atoms with van der Waals surface area (Å²) in [7, 11) is 1.81. The van der Waals surface area contributed by atoms with E-state index >= 15 is 0 Å². The van der Waals surface area contributed by atoms with Gasteiger partial charge in [-0.25, -0.2) is 0 Å². The fraction of sp³-hybridized carbons (Fsp3) is 0.125. The molecule has 0 spiro atoms. The van der Waals surface area contributed by atoms with E-state index in [0.29, 0.717) is 10.9 Å². The van der Waals surface area contributed by atoms with Gasteiger partial charge in [0.1, 0.15) is 0 Å². The number of halogens is 3. The van der Waals surface area contributed by atoms with Crippen molar-refractivity contribution in [2.45, 2.75) is 6.30 Å². The van der Waals surface area contributed by atoms with Gasteiger partial charge in [0.05, 0.1) is 17.2 Å². The van der Waals surface area contributed by atoms with E-state index in [-0.39, 0.29) is 10.2 Å². The minimum Gasteiger partial charge on any atom is -0.275 e. The molecule has 0 fully saturated rings. The number of alkyl halides is 3. The van der Waals surface area contributed by atoms with Gasteiger partial charge in [-0.05, 0) is 23.3 Å². The molecule has 0 unspecified atom stereocenters. The molecule has 116 valence electrons. The molecule has 2 heterocycles. The molecule has 4 rings (SSSR count). The number of benzene rings is 2. The van der Waals surface area contributed by atoms with E-state index in [4.69, 9.17) is 0 Å². The van der Waals surface area contributed by atoms with Gasteiger partial charge in [0, 0.05) is 24.0 Å². The molecule has 23 heavy (non-hydrogen) atoms. The average Bonchev–Trinajstić information content (AvgIpc) is 3.07. The Bertz CT molecular complexity index is 1030. The molecule has 2 aromatic heterocycles. The van der Waals surface area contributed by atoms with Gasteiger partial charge in [0.15, 0.2) is 0 Å². The minimum atomic E-state index is -4.54. The topological polar surface area (TPSA) is 35.6 Å². The highest BCUT2D eigenvalue weighted by Gasteiger charge is 2.33. The van der Waals surface area contributed by atoms with Crippen LogP contribution in [0.2, 0.25) is 0 Å². The van der Waals surface area contributed by atoms with Gasteiger partial charge in [-0.1, -0.05) is 24.3 Å². The Hall–Kier alpha value is -2.83. The summed E-state index contributed by atoms with van der Waals surface area (Å²) < 4.78 is 40.9. The molecule has 0 saturated heterocycles. The normalized spacial score (nSPS) is 12.3. The van der Waals surface area contributed by atoms with Crippen molar-refractivity contribution < 1.29 is 13.2 Å². The summed E-state index contributed by atoms with van der Waals surface area (Å²) in [5.74, 6) is 0. The van der Waals surface area contributed by atoms with Crippen molar-refractivity contribution in [2.75, 3.05) is 0 Å². The van der Waals surface area contributed by atoms with Crippen LogP contribution in [0.5, 0.6) is 0 Å². The van der Waals surface area contributed by atoms with Gasteiger partial charge in [-0.15, -0.1) is 13.2 Å². The number of rotatable bonds is 1. The molecule has 0 aliphatic carbocycles. The van der Waals surface area contributed by atoms with Crippen molar-refractivity contribution >= 4 is 21.8 Å². The molecule has 0 N–H and O–H groups in total. The average molecular weight is 316 g/mol. The summed E-state index contributed by atoms with van der Waals surface area (Å²) in [5, 5.41) is 9.20. The van der Waals surface area contributed by atoms with Crippen LogP contribution in [0.3, 0.4) is 0 Å². The Morgan fingerprint density at radius 3 is 2.39 bits per heavy atom. The summed E-state index contributed by atoms with van der Waals surface area (Å²) >= 11 is 0. The summed E-state index contributed by atoms with van der Waals surface area (Å²) in [4.78, 5) is 0. The molecule has 2 aromatic carbocycles. The third-order valence-electron chi connectivity index (χ3n) is 3.81. The zero-order chi connectivity index (χ0) is 16.2. The minimum absolute atomic E-state index is 0.0379. The van der Waals surface area contributed by atoms with Crippen molar-refractivity contribution in [3.63, 3.8) is 0 Å². The van der Waals surface area contributed by atoms with Gasteiger partial charge >= 0.3 is 6.30 Å². The molecule has 0 saturated carbocycles. The SMILES string of the molecule is Cn1cc2c(-c3cccc4c3cnn4C(F)(F)F)cccc2n1. The third kappa shape index (κ3) is 2.08. The standard InChI is InChI=1S/C16H11F3N4/c1-22-9-13-11(4-2-6-14(13)21-22)10-5-3-7-15-12(10)8-20-23(15)16(17,18)19/h2-9H,1H3. The van der Waals surface area contributed by atoms with Crippen LogP contribution in [-0.2, 0) is 13.3 Å². The molecule has 4 aromatic rings. The van der Waals surface area contributed by atoms with Crippen molar-refractivity contribution in [1.82, 2.24) is 19.6 Å². The van der Waals surface area contributed by atoms with Gasteiger partial charge in [0.25, 0.3) is 0 Å². The second kappa shape index (κ2) is 4.58. The van der Waals surface area contributed by atoms with E-state index in [1.165, 1.54) is 12.3 Å². The smallest absolute Gasteiger partial charge is 0.275 e. The predicted molar refractivity (Wildman–Crippen MR) is 80.7 cm³/mol. The number of nitrogens with zero attached hydrogens (tertiary/aromatic N) is 4. The Morgan fingerprint density at radius 2 is 1.65 bits per heavy atom. The first-order chi connectivity index (χ1) is 10.9. The zero-order valence-electron chi connectivity index (χ0n) is 12.0. The summed E-state index contributed by atoms with van der Waals surface area (Å²) in [5.41, 5.74) is 2.38. The maximum Gasteiger partial charge on any atom is 0.505 e.